The summed E-state index contributed by atoms with van der Waals surface area (Å²) in [6.07, 6.45) is 9.39. The molecule has 170 valence electrons. The van der Waals surface area contributed by atoms with Gasteiger partial charge < -0.3 is 9.88 Å². The van der Waals surface area contributed by atoms with Gasteiger partial charge in [0, 0.05) is 24.3 Å². The molecule has 1 aliphatic carbocycles. The quantitative estimate of drug-likeness (QED) is 0.358. The fourth-order valence-corrected chi connectivity index (χ4v) is 5.78. The number of fused-ring (bicyclic) bond motifs is 1. The number of aromatic nitrogens is 7. The van der Waals surface area contributed by atoms with Crippen LogP contribution in [0.3, 0.4) is 0 Å². The second-order valence-electron chi connectivity index (χ2n) is 8.11. The highest BCUT2D eigenvalue weighted by molar-refractivity contribution is 9.11. The van der Waals surface area contributed by atoms with E-state index in [0.29, 0.717) is 10.7 Å². The van der Waals surface area contributed by atoms with Gasteiger partial charge in [-0.05, 0) is 59.5 Å². The van der Waals surface area contributed by atoms with Crippen molar-refractivity contribution in [1.82, 2.24) is 39.8 Å². The smallest absolute Gasteiger partial charge is 0.261 e. The SMILES string of the molecule is O=C(NC1CCC(n2c(-c3ccccn3)nc3cnc(-n4nccn4)cc32)C1)c1ccc(Br)s1. The highest BCUT2D eigenvalue weighted by atomic mass is 79.9. The number of imidazole rings is 1. The van der Waals surface area contributed by atoms with E-state index in [4.69, 9.17) is 4.98 Å². The van der Waals surface area contributed by atoms with Crippen LogP contribution in [-0.2, 0) is 0 Å². The van der Waals surface area contributed by atoms with E-state index in [1.54, 1.807) is 24.8 Å². The van der Waals surface area contributed by atoms with Crippen molar-refractivity contribution in [2.75, 3.05) is 0 Å². The van der Waals surface area contributed by atoms with Crippen LogP contribution in [0.2, 0.25) is 0 Å². The standard InChI is InChI=1S/C23H19BrN8OS/c24-20-7-6-19(34-20)23(33)29-14-4-5-15(11-14)31-18-12-21(32-27-9-10-28-32)26-13-17(18)30-22(31)16-3-1-2-8-25-16/h1-3,6-10,12-15H,4-5,11H2,(H,29,33). The highest BCUT2D eigenvalue weighted by Crippen LogP contribution is 2.37. The third-order valence-electron chi connectivity index (χ3n) is 5.98. The number of halogens is 1. The molecular weight excluding hydrogens is 516 g/mol. The van der Waals surface area contributed by atoms with Gasteiger partial charge in [0.05, 0.1) is 32.8 Å². The van der Waals surface area contributed by atoms with Gasteiger partial charge >= 0.3 is 0 Å². The minimum Gasteiger partial charge on any atom is -0.349 e. The Labute approximate surface area is 207 Å². The molecule has 0 aromatic carbocycles. The molecule has 2 atom stereocenters. The summed E-state index contributed by atoms with van der Waals surface area (Å²) in [6.45, 7) is 0. The fourth-order valence-electron chi connectivity index (χ4n) is 4.49. The first-order chi connectivity index (χ1) is 16.7. The van der Waals surface area contributed by atoms with Gasteiger partial charge in [-0.2, -0.15) is 10.2 Å². The molecule has 1 amide bonds. The van der Waals surface area contributed by atoms with Gasteiger partial charge in [0.1, 0.15) is 11.2 Å². The van der Waals surface area contributed by atoms with Crippen LogP contribution in [0.5, 0.6) is 0 Å². The Bertz CT molecular complexity index is 1460. The Morgan fingerprint density at radius 1 is 1.09 bits per heavy atom. The van der Waals surface area contributed by atoms with Crippen LogP contribution in [0.1, 0.15) is 35.0 Å². The minimum atomic E-state index is -0.0296. The van der Waals surface area contributed by atoms with Gasteiger partial charge in [0.2, 0.25) is 0 Å². The number of amides is 1. The molecule has 0 saturated heterocycles. The molecule has 5 aromatic heterocycles. The van der Waals surface area contributed by atoms with E-state index < -0.39 is 0 Å². The Morgan fingerprint density at radius 3 is 2.74 bits per heavy atom. The van der Waals surface area contributed by atoms with Crippen LogP contribution in [0.4, 0.5) is 0 Å². The summed E-state index contributed by atoms with van der Waals surface area (Å²) in [5.41, 5.74) is 2.53. The first-order valence-corrected chi connectivity index (χ1v) is 12.5. The second kappa shape index (κ2) is 8.73. The molecular formula is C23H19BrN8OS. The van der Waals surface area contributed by atoms with Crippen molar-refractivity contribution in [2.24, 2.45) is 0 Å². The molecule has 6 rings (SSSR count). The Balaban J connectivity index is 1.36. The number of pyridine rings is 2. The Morgan fingerprint density at radius 2 is 1.97 bits per heavy atom. The van der Waals surface area contributed by atoms with E-state index in [1.807, 2.05) is 36.4 Å². The molecule has 0 bridgehead atoms. The number of carbonyl (C=O) groups is 1. The number of carbonyl (C=O) groups excluding carboxylic acids is 1. The Hall–Kier alpha value is -3.44. The predicted molar refractivity (Wildman–Crippen MR) is 132 cm³/mol. The van der Waals surface area contributed by atoms with Crippen molar-refractivity contribution in [1.29, 1.82) is 0 Å². The maximum Gasteiger partial charge on any atom is 0.261 e. The molecule has 1 fully saturated rings. The maximum absolute atomic E-state index is 12.7. The molecule has 9 nitrogen and oxygen atoms in total. The van der Waals surface area contributed by atoms with Gasteiger partial charge in [0.15, 0.2) is 11.6 Å². The lowest BCUT2D eigenvalue weighted by molar-refractivity contribution is 0.0941. The van der Waals surface area contributed by atoms with E-state index >= 15 is 0 Å². The topological polar surface area (TPSA) is 103 Å². The molecule has 0 aliphatic heterocycles. The van der Waals surface area contributed by atoms with Crippen LogP contribution in [0.25, 0.3) is 28.4 Å². The van der Waals surface area contributed by atoms with Gasteiger partial charge in [-0.3, -0.25) is 9.78 Å². The molecule has 5 heterocycles. The van der Waals surface area contributed by atoms with Gasteiger partial charge in [0.25, 0.3) is 5.91 Å². The van der Waals surface area contributed by atoms with E-state index in [1.165, 1.54) is 16.1 Å². The van der Waals surface area contributed by atoms with Crippen molar-refractivity contribution in [3.05, 3.63) is 69.8 Å². The summed E-state index contributed by atoms with van der Waals surface area (Å²) in [5.74, 6) is 1.39. The molecule has 2 unspecified atom stereocenters. The molecule has 1 aliphatic rings. The third kappa shape index (κ3) is 3.90. The zero-order valence-corrected chi connectivity index (χ0v) is 20.3. The van der Waals surface area contributed by atoms with Gasteiger partial charge in [-0.15, -0.1) is 16.1 Å². The van der Waals surface area contributed by atoms with E-state index in [0.717, 1.165) is 45.6 Å². The summed E-state index contributed by atoms with van der Waals surface area (Å²) in [5, 5.41) is 11.6. The normalized spacial score (nSPS) is 17.9. The minimum absolute atomic E-state index is 0.0296. The first-order valence-electron chi connectivity index (χ1n) is 10.9. The first kappa shape index (κ1) is 21.1. The van der Waals surface area contributed by atoms with Crippen molar-refractivity contribution in [3.63, 3.8) is 0 Å². The van der Waals surface area contributed by atoms with E-state index in [-0.39, 0.29) is 18.0 Å². The lowest BCUT2D eigenvalue weighted by Crippen LogP contribution is -2.32. The molecule has 1 saturated carbocycles. The van der Waals surface area contributed by atoms with Crippen molar-refractivity contribution in [3.8, 4) is 17.3 Å². The Kier molecular flexibility index (Phi) is 5.42. The van der Waals surface area contributed by atoms with Crippen molar-refractivity contribution < 1.29 is 4.79 Å². The lowest BCUT2D eigenvalue weighted by Gasteiger charge is -2.18. The number of nitrogens with one attached hydrogen (secondary N) is 1. The van der Waals surface area contributed by atoms with Gasteiger partial charge in [-0.1, -0.05) is 6.07 Å². The summed E-state index contributed by atoms with van der Waals surface area (Å²) in [6, 6.07) is 11.8. The largest absolute Gasteiger partial charge is 0.349 e. The average Bonchev–Trinajstić information content (AvgIpc) is 3.65. The zero-order chi connectivity index (χ0) is 23.1. The summed E-state index contributed by atoms with van der Waals surface area (Å²) >= 11 is 4.87. The maximum atomic E-state index is 12.7. The molecule has 34 heavy (non-hydrogen) atoms. The molecule has 0 radical (unpaired) electrons. The van der Waals surface area contributed by atoms with Crippen LogP contribution >= 0.6 is 27.3 Å². The highest BCUT2D eigenvalue weighted by Gasteiger charge is 2.31. The van der Waals surface area contributed by atoms with Crippen LogP contribution in [0.15, 0.2) is 65.0 Å². The number of rotatable bonds is 5. The van der Waals surface area contributed by atoms with E-state index in [9.17, 15) is 4.79 Å². The second-order valence-corrected chi connectivity index (χ2v) is 10.6. The van der Waals surface area contributed by atoms with Gasteiger partial charge in [-0.25, -0.2) is 9.97 Å². The zero-order valence-electron chi connectivity index (χ0n) is 17.9. The lowest BCUT2D eigenvalue weighted by atomic mass is 10.2. The average molecular weight is 535 g/mol. The number of hydrogen-bond acceptors (Lipinski definition) is 7. The van der Waals surface area contributed by atoms with Crippen molar-refractivity contribution in [2.45, 2.75) is 31.3 Å². The predicted octanol–water partition coefficient (Wildman–Crippen LogP) is 4.42. The molecule has 0 spiro atoms. The summed E-state index contributed by atoms with van der Waals surface area (Å²) < 4.78 is 3.18. The number of thiophene rings is 1. The third-order valence-corrected chi connectivity index (χ3v) is 7.60. The summed E-state index contributed by atoms with van der Waals surface area (Å²) in [4.78, 5) is 28.8. The van der Waals surface area contributed by atoms with E-state index in [2.05, 4.69) is 46.0 Å². The molecule has 11 heteroatoms. The van der Waals surface area contributed by atoms with Crippen LogP contribution in [-0.4, -0.2) is 46.5 Å². The summed E-state index contributed by atoms with van der Waals surface area (Å²) in [7, 11) is 0. The van der Waals surface area contributed by atoms with Crippen LogP contribution < -0.4 is 5.32 Å². The number of hydrogen-bond donors (Lipinski definition) is 1. The molecule has 1 N–H and O–H groups in total. The van der Waals surface area contributed by atoms with Crippen LogP contribution in [0, 0.1) is 0 Å². The number of nitrogens with zero attached hydrogens (tertiary/aromatic N) is 7. The molecule has 5 aromatic rings. The van der Waals surface area contributed by atoms with Crippen molar-refractivity contribution >= 4 is 44.2 Å². The monoisotopic (exact) mass is 534 g/mol. The fraction of sp³-hybridized carbons (Fsp3) is 0.217.